The van der Waals surface area contributed by atoms with Gasteiger partial charge in [0.2, 0.25) is 15.9 Å². The minimum Gasteiger partial charge on any atom is -0.343 e. The molecule has 0 aromatic heterocycles. The van der Waals surface area contributed by atoms with Crippen molar-refractivity contribution in [2.24, 2.45) is 0 Å². The number of benzene rings is 2. The SMILES string of the molecule is CCc1ccccc1NC(=O)CNC(=O)c1cc(S(=O)(=O)N2CCCC2)ccc1C. The Kier molecular flexibility index (Phi) is 6.89. The van der Waals surface area contributed by atoms with Gasteiger partial charge in [0.05, 0.1) is 11.4 Å². The molecule has 2 N–H and O–H groups in total. The Labute approximate surface area is 177 Å². The Morgan fingerprint density at radius 2 is 1.77 bits per heavy atom. The Morgan fingerprint density at radius 3 is 2.47 bits per heavy atom. The van der Waals surface area contributed by atoms with Crippen LogP contribution >= 0.6 is 0 Å². The van der Waals surface area contributed by atoms with E-state index in [2.05, 4.69) is 10.6 Å². The summed E-state index contributed by atoms with van der Waals surface area (Å²) in [5.41, 5.74) is 2.61. The summed E-state index contributed by atoms with van der Waals surface area (Å²) in [6, 6.07) is 12.0. The molecule has 0 unspecified atom stereocenters. The molecular weight excluding hydrogens is 402 g/mol. The van der Waals surface area contributed by atoms with Crippen LogP contribution in [-0.4, -0.2) is 44.2 Å². The van der Waals surface area contributed by atoms with Crippen molar-refractivity contribution in [1.29, 1.82) is 0 Å². The maximum atomic E-state index is 12.8. The van der Waals surface area contributed by atoms with Crippen LogP contribution in [0.2, 0.25) is 0 Å². The highest BCUT2D eigenvalue weighted by Gasteiger charge is 2.28. The van der Waals surface area contributed by atoms with Gasteiger partial charge in [0, 0.05) is 24.3 Å². The third kappa shape index (κ3) is 4.88. The van der Waals surface area contributed by atoms with Crippen molar-refractivity contribution in [2.45, 2.75) is 38.0 Å². The molecule has 2 aromatic carbocycles. The number of nitrogens with one attached hydrogen (secondary N) is 2. The number of para-hydroxylation sites is 1. The lowest BCUT2D eigenvalue weighted by Gasteiger charge is -2.17. The van der Waals surface area contributed by atoms with Gasteiger partial charge < -0.3 is 10.6 Å². The van der Waals surface area contributed by atoms with E-state index in [0.717, 1.165) is 24.8 Å². The van der Waals surface area contributed by atoms with Crippen LogP contribution in [0.1, 0.15) is 41.3 Å². The van der Waals surface area contributed by atoms with E-state index >= 15 is 0 Å². The first kappa shape index (κ1) is 22.0. The van der Waals surface area contributed by atoms with Gasteiger partial charge in [-0.15, -0.1) is 0 Å². The average Bonchev–Trinajstić information content (AvgIpc) is 3.28. The summed E-state index contributed by atoms with van der Waals surface area (Å²) < 4.78 is 27.0. The molecule has 0 bridgehead atoms. The van der Waals surface area contributed by atoms with Gasteiger partial charge in [-0.05, 0) is 55.5 Å². The Bertz CT molecular complexity index is 1040. The largest absolute Gasteiger partial charge is 0.343 e. The molecule has 0 radical (unpaired) electrons. The van der Waals surface area contributed by atoms with Gasteiger partial charge in [-0.3, -0.25) is 9.59 Å². The van der Waals surface area contributed by atoms with Gasteiger partial charge in [-0.1, -0.05) is 31.2 Å². The summed E-state index contributed by atoms with van der Waals surface area (Å²) in [5, 5.41) is 5.39. The number of aryl methyl sites for hydroxylation is 2. The molecule has 2 amide bonds. The highest BCUT2D eigenvalue weighted by atomic mass is 32.2. The monoisotopic (exact) mass is 429 g/mol. The van der Waals surface area contributed by atoms with Crippen molar-refractivity contribution < 1.29 is 18.0 Å². The fourth-order valence-corrected chi connectivity index (χ4v) is 5.03. The zero-order chi connectivity index (χ0) is 21.7. The topological polar surface area (TPSA) is 95.6 Å². The van der Waals surface area contributed by atoms with Crippen LogP contribution in [0.25, 0.3) is 0 Å². The van der Waals surface area contributed by atoms with E-state index < -0.39 is 15.9 Å². The van der Waals surface area contributed by atoms with Crippen LogP contribution in [0.3, 0.4) is 0 Å². The average molecular weight is 430 g/mol. The fourth-order valence-electron chi connectivity index (χ4n) is 3.48. The normalized spacial score (nSPS) is 14.5. The van der Waals surface area contributed by atoms with Crippen LogP contribution < -0.4 is 10.6 Å². The third-order valence-corrected chi connectivity index (χ3v) is 7.13. The lowest BCUT2D eigenvalue weighted by atomic mass is 10.1. The molecule has 7 nitrogen and oxygen atoms in total. The van der Waals surface area contributed by atoms with Gasteiger partial charge in [0.1, 0.15) is 0 Å². The van der Waals surface area contributed by atoms with E-state index in [4.69, 9.17) is 0 Å². The quantitative estimate of drug-likeness (QED) is 0.707. The van der Waals surface area contributed by atoms with Crippen molar-refractivity contribution in [3.05, 3.63) is 59.2 Å². The molecule has 0 atom stereocenters. The summed E-state index contributed by atoms with van der Waals surface area (Å²) >= 11 is 0. The zero-order valence-electron chi connectivity index (χ0n) is 17.3. The first-order valence-electron chi connectivity index (χ1n) is 10.1. The van der Waals surface area contributed by atoms with Crippen molar-refractivity contribution in [3.63, 3.8) is 0 Å². The van der Waals surface area contributed by atoms with Gasteiger partial charge in [0.15, 0.2) is 0 Å². The summed E-state index contributed by atoms with van der Waals surface area (Å²) in [6.07, 6.45) is 2.46. The molecule has 3 rings (SSSR count). The second kappa shape index (κ2) is 9.40. The minimum absolute atomic E-state index is 0.0986. The molecule has 8 heteroatoms. The lowest BCUT2D eigenvalue weighted by Crippen LogP contribution is -2.33. The number of amides is 2. The summed E-state index contributed by atoms with van der Waals surface area (Å²) in [6.45, 7) is 4.52. The predicted molar refractivity (Wildman–Crippen MR) is 116 cm³/mol. The van der Waals surface area contributed by atoms with E-state index in [1.807, 2.05) is 31.2 Å². The Morgan fingerprint density at radius 1 is 1.07 bits per heavy atom. The van der Waals surface area contributed by atoms with Gasteiger partial charge in [-0.2, -0.15) is 4.31 Å². The number of hydrogen-bond acceptors (Lipinski definition) is 4. The molecule has 0 aliphatic carbocycles. The number of anilines is 1. The molecule has 0 spiro atoms. The number of carbonyl (C=O) groups excluding carboxylic acids is 2. The van der Waals surface area contributed by atoms with Crippen molar-refractivity contribution in [2.75, 3.05) is 25.0 Å². The molecule has 1 heterocycles. The van der Waals surface area contributed by atoms with Gasteiger partial charge in [-0.25, -0.2) is 8.42 Å². The molecule has 2 aromatic rings. The molecule has 1 aliphatic heterocycles. The number of hydrogen-bond donors (Lipinski definition) is 2. The predicted octanol–water partition coefficient (Wildman–Crippen LogP) is 2.71. The van der Waals surface area contributed by atoms with Crippen LogP contribution in [0.4, 0.5) is 5.69 Å². The highest BCUT2D eigenvalue weighted by Crippen LogP contribution is 2.23. The number of carbonyl (C=O) groups is 2. The van der Waals surface area contributed by atoms with Crippen LogP contribution in [0.15, 0.2) is 47.4 Å². The van der Waals surface area contributed by atoms with Crippen LogP contribution in [0, 0.1) is 6.92 Å². The first-order chi connectivity index (χ1) is 14.3. The Hall–Kier alpha value is -2.71. The summed E-state index contributed by atoms with van der Waals surface area (Å²) in [4.78, 5) is 25.0. The number of sulfonamides is 1. The molecule has 160 valence electrons. The van der Waals surface area contributed by atoms with Gasteiger partial charge in [0.25, 0.3) is 5.91 Å². The van der Waals surface area contributed by atoms with E-state index in [9.17, 15) is 18.0 Å². The molecular formula is C22H27N3O4S. The zero-order valence-corrected chi connectivity index (χ0v) is 18.1. The molecule has 1 fully saturated rings. The smallest absolute Gasteiger partial charge is 0.252 e. The second-order valence-corrected chi connectivity index (χ2v) is 9.27. The fraction of sp³-hybridized carbons (Fsp3) is 0.364. The molecule has 30 heavy (non-hydrogen) atoms. The molecule has 1 aliphatic rings. The summed E-state index contributed by atoms with van der Waals surface area (Å²) in [7, 11) is -3.62. The highest BCUT2D eigenvalue weighted by molar-refractivity contribution is 7.89. The maximum absolute atomic E-state index is 12.8. The van der Waals surface area contributed by atoms with Crippen molar-refractivity contribution >= 4 is 27.5 Å². The van der Waals surface area contributed by atoms with Crippen LogP contribution in [-0.2, 0) is 21.2 Å². The van der Waals surface area contributed by atoms with Gasteiger partial charge >= 0.3 is 0 Å². The third-order valence-electron chi connectivity index (χ3n) is 5.24. The minimum atomic E-state index is -3.62. The Balaban J connectivity index is 1.68. The molecule has 1 saturated heterocycles. The summed E-state index contributed by atoms with van der Waals surface area (Å²) in [5.74, 6) is -0.826. The number of rotatable bonds is 7. The standard InChI is InChI=1S/C22H27N3O4S/c1-3-17-8-4-5-9-20(17)24-21(26)15-23-22(27)19-14-18(11-10-16(19)2)30(28,29)25-12-6-7-13-25/h4-5,8-11,14H,3,6-7,12-13,15H2,1-2H3,(H,23,27)(H,24,26). The van der Waals surface area contributed by atoms with E-state index in [1.54, 1.807) is 13.0 Å². The van der Waals surface area contributed by atoms with E-state index in [1.165, 1.54) is 16.4 Å². The van der Waals surface area contributed by atoms with E-state index in [-0.39, 0.29) is 22.9 Å². The van der Waals surface area contributed by atoms with E-state index in [0.29, 0.717) is 24.3 Å². The lowest BCUT2D eigenvalue weighted by molar-refractivity contribution is -0.115. The molecule has 0 saturated carbocycles. The van der Waals surface area contributed by atoms with Crippen LogP contribution in [0.5, 0.6) is 0 Å². The van der Waals surface area contributed by atoms with Crippen molar-refractivity contribution in [1.82, 2.24) is 9.62 Å². The first-order valence-corrected chi connectivity index (χ1v) is 11.5. The number of nitrogens with zero attached hydrogens (tertiary/aromatic N) is 1. The maximum Gasteiger partial charge on any atom is 0.252 e. The second-order valence-electron chi connectivity index (χ2n) is 7.33. The van der Waals surface area contributed by atoms with Crippen molar-refractivity contribution in [3.8, 4) is 0 Å².